The van der Waals surface area contributed by atoms with E-state index in [1.54, 1.807) is 26.8 Å². The maximum absolute atomic E-state index is 14.2. The summed E-state index contributed by atoms with van der Waals surface area (Å²) in [6.45, 7) is 16.3. The largest absolute Gasteiger partial charge is 0.454 e. The molecule has 0 spiro atoms. The second-order valence-electron chi connectivity index (χ2n) is 31.7. The molecule has 646 valence electrons. The molecule has 6 saturated heterocycles. The Bertz CT molecular complexity index is 4390. The molecule has 0 bridgehead atoms. The average molecular weight is 1660 g/mol. The van der Waals surface area contributed by atoms with Gasteiger partial charge in [-0.1, -0.05) is 249 Å². The Balaban J connectivity index is 0.875. The quantitative estimate of drug-likeness (QED) is 0.0269. The Kier molecular flexibility index (Phi) is 32.2. The molecular formula is C96H113NO24. The zero-order chi connectivity index (χ0) is 84.0. The van der Waals surface area contributed by atoms with Crippen molar-refractivity contribution in [2.24, 2.45) is 0 Å². The molecule has 6 fully saturated rings. The van der Waals surface area contributed by atoms with E-state index >= 15 is 0 Å². The zero-order valence-corrected chi connectivity index (χ0v) is 69.4. The summed E-state index contributed by atoms with van der Waals surface area (Å²) in [5, 5.41) is 17.0. The van der Waals surface area contributed by atoms with E-state index in [4.69, 9.17) is 99.5 Å². The van der Waals surface area contributed by atoms with E-state index in [1.165, 1.54) is 13.8 Å². The summed E-state index contributed by atoms with van der Waals surface area (Å²) in [4.78, 5) is 27.7. The summed E-state index contributed by atoms with van der Waals surface area (Å²) in [6.07, 6.45) is -27.2. The number of benzene rings is 8. The zero-order valence-electron chi connectivity index (χ0n) is 69.4. The van der Waals surface area contributed by atoms with Gasteiger partial charge in [0.05, 0.1) is 91.0 Å². The molecule has 0 aromatic heterocycles. The standard InChI is InChI=1S/C96H113NO24/c1-9-50-102-91-76(97-64(5)98)83(82-75(115-91)60-110-96(7,8)121-82)117-95-90(114-65(6)99)87(80(63(4)113-95)105-54-69-40-24-13-25-41-69)119-94-89(85(107-56-71-44-28-15-29-45-71)79(62(3)112-94)104-53-68-38-22-12-23-39-68)120-92-77(100)84(78(61(2)111-92)103-52-67-36-20-11-21-37-67)118-93-88(109-58-73-48-32-17-33-49-73)86(108-57-72-46-30-16-31-47-72)81(106-55-70-42-26-14-27-43-70)74(116-93)59-101-51-66-34-18-10-19-35-66/h9-49,61-63,74-95,100H,1,50-60H2,2-8H3,(H,97,98)/t61-,62-,63-,74+,75+,76+,77+,78-,79-,80-,81+,82+,83+,84-,85+,86-,87+,88+,89+,90+,91+,92-,93+,94-,95-/m0/s1. The topological polar surface area (TPSA) is 260 Å². The second kappa shape index (κ2) is 43.8. The number of aliphatic hydroxyl groups excluding tert-OH is 1. The Morgan fingerprint density at radius 1 is 0.397 bits per heavy atom. The third kappa shape index (κ3) is 24.2. The third-order valence-electron chi connectivity index (χ3n) is 22.1. The molecule has 0 saturated carbocycles. The Labute approximate surface area is 708 Å². The van der Waals surface area contributed by atoms with Crippen LogP contribution in [0.3, 0.4) is 0 Å². The van der Waals surface area contributed by atoms with E-state index in [0.717, 1.165) is 44.5 Å². The van der Waals surface area contributed by atoms with Gasteiger partial charge < -0.3 is 110 Å². The number of ether oxygens (including phenoxy) is 21. The van der Waals surface area contributed by atoms with Gasteiger partial charge >= 0.3 is 5.97 Å². The smallest absolute Gasteiger partial charge is 0.303 e. The maximum Gasteiger partial charge on any atom is 0.303 e. The van der Waals surface area contributed by atoms with Crippen molar-refractivity contribution in [2.75, 3.05) is 19.8 Å². The van der Waals surface area contributed by atoms with Gasteiger partial charge in [0.25, 0.3) is 0 Å². The van der Waals surface area contributed by atoms with Crippen molar-refractivity contribution >= 4 is 11.9 Å². The summed E-state index contributed by atoms with van der Waals surface area (Å²) in [6, 6.07) is 76.8. The van der Waals surface area contributed by atoms with Crippen LogP contribution in [0, 0.1) is 0 Å². The molecule has 8 aromatic carbocycles. The molecule has 25 atom stereocenters. The van der Waals surface area contributed by atoms with Crippen LogP contribution in [0.1, 0.15) is 93.0 Å². The molecule has 2 N–H and O–H groups in total. The predicted molar refractivity (Wildman–Crippen MR) is 441 cm³/mol. The lowest BCUT2D eigenvalue weighted by molar-refractivity contribution is -0.410. The summed E-state index contributed by atoms with van der Waals surface area (Å²) in [7, 11) is 0. The molecule has 0 aliphatic carbocycles. The summed E-state index contributed by atoms with van der Waals surface area (Å²) in [5.41, 5.74) is 6.87. The SMILES string of the molecule is C=CCO[C@@H]1O[C@@H]2COC(C)(C)O[C@H]2[C@H](O[C@@H]2O[C@@H](C)[C@H](OCc3ccccc3)[C@@H](O[C@@H]3O[C@@H](C)[C@H](OCc4ccccc4)[C@@H](OCc4ccccc4)[C@H]3O[C@@H]3O[C@@H](C)[C@H](OCc4ccccc4)[C@@H](O[C@H]4O[C@H](COCc5ccccc5)[C@@H](OCc5ccccc5)[C@H](OCc5ccccc5)[C@H]4OCc4ccccc4)[C@H]3O)[C@H]2OC(C)=O)[C@H]1NC(C)=O. The first-order valence-corrected chi connectivity index (χ1v) is 41.7. The van der Waals surface area contributed by atoms with E-state index in [9.17, 15) is 14.7 Å². The number of aliphatic hydroxyl groups is 1. The fourth-order valence-corrected chi connectivity index (χ4v) is 16.1. The highest BCUT2D eigenvalue weighted by Crippen LogP contribution is 2.43. The molecular weight excluding hydrogens is 1550 g/mol. The maximum atomic E-state index is 14.2. The van der Waals surface area contributed by atoms with Gasteiger partial charge in [-0.25, -0.2) is 0 Å². The highest BCUT2D eigenvalue weighted by Gasteiger charge is 2.61. The van der Waals surface area contributed by atoms with Crippen molar-refractivity contribution in [3.05, 3.63) is 300 Å². The minimum atomic E-state index is -1.79. The van der Waals surface area contributed by atoms with Crippen molar-refractivity contribution in [2.45, 2.75) is 261 Å². The van der Waals surface area contributed by atoms with E-state index in [1.807, 2.05) is 257 Å². The number of hydrogen-bond acceptors (Lipinski definition) is 24. The summed E-state index contributed by atoms with van der Waals surface area (Å²) < 4.78 is 148. The number of fused-ring (bicyclic) bond motifs is 1. The Morgan fingerprint density at radius 2 is 0.744 bits per heavy atom. The number of amides is 1. The third-order valence-corrected chi connectivity index (χ3v) is 22.1. The van der Waals surface area contributed by atoms with Crippen LogP contribution in [-0.4, -0.2) is 196 Å². The van der Waals surface area contributed by atoms with E-state index < -0.39 is 171 Å². The summed E-state index contributed by atoms with van der Waals surface area (Å²) >= 11 is 0. The fourth-order valence-electron chi connectivity index (χ4n) is 16.1. The number of esters is 1. The van der Waals surface area contributed by atoms with E-state index in [-0.39, 0.29) is 72.7 Å². The molecule has 25 nitrogen and oxygen atoms in total. The van der Waals surface area contributed by atoms with Crippen LogP contribution in [0.15, 0.2) is 255 Å². The number of rotatable bonds is 38. The first-order chi connectivity index (χ1) is 59.0. The highest BCUT2D eigenvalue weighted by molar-refractivity contribution is 5.73. The minimum absolute atomic E-state index is 0.00629. The second-order valence-corrected chi connectivity index (χ2v) is 31.7. The molecule has 1 amide bonds. The Morgan fingerprint density at radius 3 is 1.17 bits per heavy atom. The summed E-state index contributed by atoms with van der Waals surface area (Å²) in [5.74, 6) is -2.36. The lowest BCUT2D eigenvalue weighted by Crippen LogP contribution is -2.71. The number of carbonyl (C=O) groups excluding carboxylic acids is 2. The van der Waals surface area contributed by atoms with Crippen molar-refractivity contribution < 1.29 is 114 Å². The van der Waals surface area contributed by atoms with Crippen LogP contribution >= 0.6 is 0 Å². The van der Waals surface area contributed by atoms with Crippen molar-refractivity contribution in [1.29, 1.82) is 0 Å². The lowest BCUT2D eigenvalue weighted by atomic mass is 9.93. The molecule has 6 aliphatic rings. The monoisotopic (exact) mass is 1660 g/mol. The molecule has 0 unspecified atom stereocenters. The van der Waals surface area contributed by atoms with Gasteiger partial charge in [0, 0.05) is 13.8 Å². The van der Waals surface area contributed by atoms with Crippen LogP contribution in [0.5, 0.6) is 0 Å². The predicted octanol–water partition coefficient (Wildman–Crippen LogP) is 12.7. The number of hydrogen-bond donors (Lipinski definition) is 2. The molecule has 6 aliphatic heterocycles. The molecule has 121 heavy (non-hydrogen) atoms. The molecule has 8 aromatic rings. The fraction of sp³-hybridized carbons (Fsp3) is 0.458. The first-order valence-electron chi connectivity index (χ1n) is 41.7. The van der Waals surface area contributed by atoms with Gasteiger partial charge in [0.1, 0.15) is 97.6 Å². The van der Waals surface area contributed by atoms with Gasteiger partial charge in [-0.3, -0.25) is 9.59 Å². The first kappa shape index (κ1) is 88.9. The number of carbonyl (C=O) groups is 2. The van der Waals surface area contributed by atoms with Crippen molar-refractivity contribution in [1.82, 2.24) is 5.32 Å². The van der Waals surface area contributed by atoms with Crippen molar-refractivity contribution in [3.63, 3.8) is 0 Å². The lowest BCUT2D eigenvalue weighted by Gasteiger charge is -2.53. The van der Waals surface area contributed by atoms with Crippen LogP contribution in [0.4, 0.5) is 0 Å². The molecule has 0 radical (unpaired) electrons. The van der Waals surface area contributed by atoms with E-state index in [2.05, 4.69) is 11.9 Å². The van der Waals surface area contributed by atoms with Crippen LogP contribution in [0.2, 0.25) is 0 Å². The molecule has 25 heteroatoms. The number of nitrogens with one attached hydrogen (secondary N) is 1. The van der Waals surface area contributed by atoms with Gasteiger partial charge in [-0.15, -0.1) is 6.58 Å². The highest BCUT2D eigenvalue weighted by atomic mass is 16.8. The van der Waals surface area contributed by atoms with Crippen LogP contribution in [-0.2, 0) is 162 Å². The van der Waals surface area contributed by atoms with Gasteiger partial charge in [0.2, 0.25) is 5.91 Å². The Hall–Kier alpha value is -8.40. The molecule has 14 rings (SSSR count). The van der Waals surface area contributed by atoms with Crippen LogP contribution in [0.25, 0.3) is 0 Å². The minimum Gasteiger partial charge on any atom is -0.454 e. The van der Waals surface area contributed by atoms with Crippen molar-refractivity contribution in [3.8, 4) is 0 Å². The van der Waals surface area contributed by atoms with Gasteiger partial charge in [0.15, 0.2) is 43.3 Å². The average Bonchev–Trinajstić information content (AvgIpc) is 0.756. The van der Waals surface area contributed by atoms with Crippen LogP contribution < -0.4 is 5.32 Å². The van der Waals surface area contributed by atoms with Gasteiger partial charge in [-0.05, 0) is 79.1 Å². The normalized spacial score (nSPS) is 31.6. The van der Waals surface area contributed by atoms with E-state index in [0.29, 0.717) is 0 Å². The molecule has 6 heterocycles. The van der Waals surface area contributed by atoms with Gasteiger partial charge in [-0.2, -0.15) is 0 Å².